The van der Waals surface area contributed by atoms with Gasteiger partial charge in [-0.05, 0) is 13.3 Å². The number of nitrogens with one attached hydrogen (secondary N) is 2. The van der Waals surface area contributed by atoms with Gasteiger partial charge in [-0.3, -0.25) is 23.8 Å². The molecule has 1 saturated heterocycles. The number of amides is 1. The van der Waals surface area contributed by atoms with Gasteiger partial charge in [0.15, 0.2) is 0 Å². The van der Waals surface area contributed by atoms with E-state index in [4.69, 9.17) is 4.74 Å². The number of rotatable bonds is 6. The molecule has 11 nitrogen and oxygen atoms in total. The molecule has 4 atom stereocenters. The van der Waals surface area contributed by atoms with Crippen molar-refractivity contribution in [2.24, 2.45) is 0 Å². The summed E-state index contributed by atoms with van der Waals surface area (Å²) >= 11 is 0. The van der Waals surface area contributed by atoms with Crippen LogP contribution in [0.25, 0.3) is 0 Å². The van der Waals surface area contributed by atoms with Gasteiger partial charge in [-0.1, -0.05) is 6.92 Å². The molecular weight excluding hydrogens is 401 g/mol. The van der Waals surface area contributed by atoms with Crippen molar-refractivity contribution in [2.45, 2.75) is 57.7 Å². The molecule has 0 aliphatic carbocycles. The van der Waals surface area contributed by atoms with Crippen molar-refractivity contribution in [3.8, 4) is 0 Å². The maximum atomic E-state index is 13.4. The topological polar surface area (TPSA) is 151 Å². The van der Waals surface area contributed by atoms with Crippen molar-refractivity contribution >= 4 is 5.91 Å². The van der Waals surface area contributed by atoms with E-state index in [-0.39, 0.29) is 13.2 Å². The number of nitrogens with zero attached hydrogens (tertiary/aromatic N) is 3. The summed E-state index contributed by atoms with van der Waals surface area (Å²) in [6.45, 7) is 3.90. The first kappa shape index (κ1) is 21.9. The number of carbonyl (C=O) groups excluding carboxylic acids is 1. The summed E-state index contributed by atoms with van der Waals surface area (Å²) in [6.07, 6.45) is -0.732. The van der Waals surface area contributed by atoms with Crippen LogP contribution >= 0.6 is 0 Å². The van der Waals surface area contributed by atoms with Crippen LogP contribution in [0.4, 0.5) is 4.39 Å². The number of aryl methyl sites for hydroxylation is 2. The second-order valence-corrected chi connectivity index (χ2v) is 7.21. The average Bonchev–Trinajstić information content (AvgIpc) is 3.06. The first-order valence-corrected chi connectivity index (χ1v) is 9.53. The lowest BCUT2D eigenvalue weighted by Crippen LogP contribution is -2.60. The van der Waals surface area contributed by atoms with Crippen molar-refractivity contribution < 1.29 is 24.1 Å². The lowest BCUT2D eigenvalue weighted by atomic mass is 9.97. The summed E-state index contributed by atoms with van der Waals surface area (Å²) in [5, 5.41) is 27.7. The Morgan fingerprint density at radius 3 is 2.80 bits per heavy atom. The summed E-state index contributed by atoms with van der Waals surface area (Å²) in [4.78, 5) is 37.3. The number of carbonyl (C=O) groups is 1. The zero-order valence-corrected chi connectivity index (χ0v) is 16.5. The summed E-state index contributed by atoms with van der Waals surface area (Å²) in [7, 11) is 0. The molecule has 3 rings (SSSR count). The van der Waals surface area contributed by atoms with Crippen molar-refractivity contribution in [3.63, 3.8) is 0 Å². The lowest BCUT2D eigenvalue weighted by molar-refractivity contribution is -0.152. The maximum absolute atomic E-state index is 13.4. The highest BCUT2D eigenvalue weighted by molar-refractivity contribution is 5.95. The molecule has 0 saturated carbocycles. The summed E-state index contributed by atoms with van der Waals surface area (Å²) < 4.78 is 21.4. The standard InChI is InChI=1S/C18H24FN5O6/c1-3-4-24-5-10(9(2)22-24)16(27)20-12-8-30-13(15(26)14(12)25)7-23-6-11(19)17(28)21-18(23)29/h5-6,12-15,25-26H,3-4,7-8H2,1-2H3,(H,20,27)(H,21,28,29)/t12-,13-,14+,15-/m1/s1. The predicted octanol–water partition coefficient (Wildman–Crippen LogP) is -1.49. The second-order valence-electron chi connectivity index (χ2n) is 7.21. The van der Waals surface area contributed by atoms with Crippen LogP contribution in [-0.4, -0.2) is 66.4 Å². The van der Waals surface area contributed by atoms with E-state index in [1.54, 1.807) is 22.8 Å². The predicted molar refractivity (Wildman–Crippen MR) is 102 cm³/mol. The van der Waals surface area contributed by atoms with Crippen molar-refractivity contribution in [1.82, 2.24) is 24.6 Å². The van der Waals surface area contributed by atoms with E-state index in [1.165, 1.54) is 0 Å². The molecule has 164 valence electrons. The Bertz CT molecular complexity index is 1030. The molecule has 3 heterocycles. The molecule has 2 aromatic rings. The average molecular weight is 425 g/mol. The fourth-order valence-electron chi connectivity index (χ4n) is 3.31. The number of aliphatic hydroxyl groups is 2. The molecule has 1 aliphatic rings. The van der Waals surface area contributed by atoms with Crippen LogP contribution in [0.1, 0.15) is 29.4 Å². The highest BCUT2D eigenvalue weighted by Gasteiger charge is 2.39. The van der Waals surface area contributed by atoms with Crippen LogP contribution < -0.4 is 16.6 Å². The van der Waals surface area contributed by atoms with Crippen LogP contribution in [0.3, 0.4) is 0 Å². The highest BCUT2D eigenvalue weighted by atomic mass is 19.1. The third-order valence-corrected chi connectivity index (χ3v) is 4.94. The SMILES string of the molecule is CCCn1cc(C(=O)N[C@@H]2CO[C@H](Cn3cc(F)c(=O)[nH]c3=O)[C@@H](O)[C@H]2O)c(C)n1. The van der Waals surface area contributed by atoms with Crippen molar-refractivity contribution in [3.05, 3.63) is 50.3 Å². The Morgan fingerprint density at radius 1 is 1.37 bits per heavy atom. The van der Waals surface area contributed by atoms with E-state index in [0.29, 0.717) is 24.0 Å². The van der Waals surface area contributed by atoms with E-state index in [1.807, 2.05) is 6.92 Å². The van der Waals surface area contributed by atoms with Gasteiger partial charge in [0, 0.05) is 12.7 Å². The molecule has 0 spiro atoms. The molecule has 0 aromatic carbocycles. The number of ether oxygens (including phenoxy) is 1. The molecular formula is C18H24FN5O6. The van der Waals surface area contributed by atoms with Crippen molar-refractivity contribution in [2.75, 3.05) is 6.61 Å². The third kappa shape index (κ3) is 4.50. The van der Waals surface area contributed by atoms with Crippen LogP contribution in [0.2, 0.25) is 0 Å². The van der Waals surface area contributed by atoms with E-state index in [0.717, 1.165) is 11.0 Å². The van der Waals surface area contributed by atoms with Gasteiger partial charge in [-0.2, -0.15) is 9.49 Å². The largest absolute Gasteiger partial charge is 0.388 e. The fraction of sp³-hybridized carbons (Fsp3) is 0.556. The van der Waals surface area contributed by atoms with Gasteiger partial charge < -0.3 is 20.3 Å². The molecule has 0 radical (unpaired) electrons. The van der Waals surface area contributed by atoms with Gasteiger partial charge >= 0.3 is 5.69 Å². The summed E-state index contributed by atoms with van der Waals surface area (Å²) in [5.41, 5.74) is -1.14. The number of hydrogen-bond donors (Lipinski definition) is 4. The quantitative estimate of drug-likeness (QED) is 0.440. The third-order valence-electron chi connectivity index (χ3n) is 4.94. The van der Waals surface area contributed by atoms with E-state index in [9.17, 15) is 29.0 Å². The Kier molecular flexibility index (Phi) is 6.48. The summed E-state index contributed by atoms with van der Waals surface area (Å²) in [6, 6.07) is -0.901. The molecule has 30 heavy (non-hydrogen) atoms. The normalized spacial score (nSPS) is 24.0. The summed E-state index contributed by atoms with van der Waals surface area (Å²) in [5.74, 6) is -1.63. The van der Waals surface area contributed by atoms with E-state index < -0.39 is 47.3 Å². The molecule has 1 aliphatic heterocycles. The lowest BCUT2D eigenvalue weighted by Gasteiger charge is -2.38. The van der Waals surface area contributed by atoms with Gasteiger partial charge in [-0.25, -0.2) is 4.79 Å². The minimum absolute atomic E-state index is 0.142. The Morgan fingerprint density at radius 2 is 2.10 bits per heavy atom. The number of H-pyrrole nitrogens is 1. The van der Waals surface area contributed by atoms with Gasteiger partial charge in [0.05, 0.1) is 36.6 Å². The van der Waals surface area contributed by atoms with Crippen LogP contribution in [0.5, 0.6) is 0 Å². The number of aromatic amines is 1. The first-order valence-electron chi connectivity index (χ1n) is 9.53. The van der Waals surface area contributed by atoms with Crippen molar-refractivity contribution in [1.29, 1.82) is 0 Å². The van der Waals surface area contributed by atoms with Gasteiger partial charge in [-0.15, -0.1) is 0 Å². The van der Waals surface area contributed by atoms with Gasteiger partial charge in [0.1, 0.15) is 18.3 Å². The Labute approximate surface area is 170 Å². The van der Waals surface area contributed by atoms with Crippen LogP contribution in [0, 0.1) is 12.7 Å². The minimum Gasteiger partial charge on any atom is -0.388 e. The van der Waals surface area contributed by atoms with E-state index >= 15 is 0 Å². The smallest absolute Gasteiger partial charge is 0.328 e. The second kappa shape index (κ2) is 8.90. The monoisotopic (exact) mass is 425 g/mol. The molecule has 1 fully saturated rings. The number of aromatic nitrogens is 4. The number of aliphatic hydroxyl groups excluding tert-OH is 2. The molecule has 2 aromatic heterocycles. The highest BCUT2D eigenvalue weighted by Crippen LogP contribution is 2.18. The Hall–Kier alpha value is -2.83. The van der Waals surface area contributed by atoms with Crippen LogP contribution in [0.15, 0.2) is 22.0 Å². The molecule has 0 unspecified atom stereocenters. The molecule has 12 heteroatoms. The zero-order valence-electron chi connectivity index (χ0n) is 16.5. The number of hydrogen-bond acceptors (Lipinski definition) is 7. The fourth-order valence-corrected chi connectivity index (χ4v) is 3.31. The molecule has 4 N–H and O–H groups in total. The van der Waals surface area contributed by atoms with E-state index in [2.05, 4.69) is 10.4 Å². The first-order chi connectivity index (χ1) is 14.2. The number of halogens is 1. The van der Waals surface area contributed by atoms with Gasteiger partial charge in [0.25, 0.3) is 11.5 Å². The Balaban J connectivity index is 1.66. The maximum Gasteiger partial charge on any atom is 0.328 e. The van der Waals surface area contributed by atoms with Gasteiger partial charge in [0.2, 0.25) is 5.82 Å². The molecule has 0 bridgehead atoms. The van der Waals surface area contributed by atoms with Crippen LogP contribution in [-0.2, 0) is 17.8 Å². The molecule has 1 amide bonds. The zero-order chi connectivity index (χ0) is 22.0. The minimum atomic E-state index is -1.46.